The summed E-state index contributed by atoms with van der Waals surface area (Å²) in [7, 11) is 2.21. The van der Waals surface area contributed by atoms with Gasteiger partial charge < -0.3 is 14.6 Å². The van der Waals surface area contributed by atoms with Crippen molar-refractivity contribution in [3.63, 3.8) is 0 Å². The van der Waals surface area contributed by atoms with Crippen molar-refractivity contribution < 1.29 is 4.74 Å². The first-order valence-corrected chi connectivity index (χ1v) is 7.91. The highest BCUT2D eigenvalue weighted by Crippen LogP contribution is 2.35. The smallest absolute Gasteiger partial charge is 0.123 e. The van der Waals surface area contributed by atoms with Crippen molar-refractivity contribution in [3.05, 3.63) is 47.9 Å². The molecule has 110 valence electrons. The van der Waals surface area contributed by atoms with Gasteiger partial charge in [0.15, 0.2) is 0 Å². The van der Waals surface area contributed by atoms with Crippen LogP contribution < -0.4 is 0 Å². The second-order valence-electron chi connectivity index (χ2n) is 6.37. The lowest BCUT2D eigenvalue weighted by atomic mass is 9.95. The molecule has 0 saturated carbocycles. The maximum atomic E-state index is 5.77. The van der Waals surface area contributed by atoms with E-state index in [0.29, 0.717) is 5.92 Å². The van der Waals surface area contributed by atoms with Crippen LogP contribution in [0.1, 0.15) is 42.4 Å². The lowest BCUT2D eigenvalue weighted by Gasteiger charge is -2.20. The molecule has 3 heteroatoms. The van der Waals surface area contributed by atoms with Gasteiger partial charge in [-0.2, -0.15) is 0 Å². The van der Waals surface area contributed by atoms with Crippen LogP contribution in [-0.2, 0) is 4.74 Å². The first-order chi connectivity index (χ1) is 10.3. The van der Waals surface area contributed by atoms with Crippen molar-refractivity contribution in [2.24, 2.45) is 0 Å². The van der Waals surface area contributed by atoms with Crippen LogP contribution in [0.3, 0.4) is 0 Å². The predicted molar refractivity (Wildman–Crippen MR) is 85.4 cm³/mol. The molecule has 1 aromatic heterocycles. The van der Waals surface area contributed by atoms with Gasteiger partial charge in [-0.15, -0.1) is 0 Å². The Kier molecular flexibility index (Phi) is 3.23. The lowest BCUT2D eigenvalue weighted by Crippen LogP contribution is -2.13. The van der Waals surface area contributed by atoms with Crippen LogP contribution in [0.4, 0.5) is 0 Å². The molecular weight excluding hydrogens is 260 g/mol. The quantitative estimate of drug-likeness (QED) is 0.903. The molecule has 2 unspecified atom stereocenters. The Morgan fingerprint density at radius 3 is 3.00 bits per heavy atom. The molecule has 2 aromatic rings. The van der Waals surface area contributed by atoms with E-state index in [2.05, 4.69) is 47.4 Å². The highest BCUT2D eigenvalue weighted by atomic mass is 16.5. The largest absolute Gasteiger partial charge is 0.494 e. The molecule has 1 saturated heterocycles. The topological polar surface area (TPSA) is 28.3 Å². The van der Waals surface area contributed by atoms with Crippen molar-refractivity contribution in [1.82, 2.24) is 9.88 Å². The molecule has 0 radical (unpaired) electrons. The van der Waals surface area contributed by atoms with Gasteiger partial charge >= 0.3 is 0 Å². The Morgan fingerprint density at radius 2 is 2.24 bits per heavy atom. The molecular formula is C18H22N2O. The number of nitrogens with zero attached hydrogens (tertiary/aromatic N) is 1. The zero-order valence-electron chi connectivity index (χ0n) is 12.5. The molecule has 0 bridgehead atoms. The van der Waals surface area contributed by atoms with E-state index in [-0.39, 0.29) is 6.10 Å². The Bertz CT molecular complexity index is 673. The molecule has 2 aliphatic heterocycles. The highest BCUT2D eigenvalue weighted by Gasteiger charge is 2.24. The van der Waals surface area contributed by atoms with E-state index in [0.717, 1.165) is 12.8 Å². The number of allylic oxidation sites excluding steroid dienone is 1. The minimum atomic E-state index is 0.216. The van der Waals surface area contributed by atoms with Gasteiger partial charge in [0.25, 0.3) is 0 Å². The lowest BCUT2D eigenvalue weighted by molar-refractivity contribution is 0.125. The first-order valence-electron chi connectivity index (χ1n) is 7.91. The highest BCUT2D eigenvalue weighted by molar-refractivity contribution is 5.84. The summed E-state index contributed by atoms with van der Waals surface area (Å²) in [5.74, 6) is 0.658. The van der Waals surface area contributed by atoms with Crippen molar-refractivity contribution in [2.45, 2.75) is 31.3 Å². The van der Waals surface area contributed by atoms with Gasteiger partial charge in [0.1, 0.15) is 6.10 Å². The van der Waals surface area contributed by atoms with Gasteiger partial charge in [0.2, 0.25) is 0 Å². The summed E-state index contributed by atoms with van der Waals surface area (Å²) in [6, 6.07) is 6.74. The number of nitrogens with one attached hydrogen (secondary N) is 1. The molecule has 1 fully saturated rings. The van der Waals surface area contributed by atoms with Crippen LogP contribution in [0.25, 0.3) is 10.9 Å². The number of H-pyrrole nitrogens is 1. The minimum Gasteiger partial charge on any atom is -0.494 e. The summed E-state index contributed by atoms with van der Waals surface area (Å²) in [6.45, 7) is 2.37. The number of benzene rings is 1. The van der Waals surface area contributed by atoms with E-state index >= 15 is 0 Å². The minimum absolute atomic E-state index is 0.216. The van der Waals surface area contributed by atoms with Crippen LogP contribution in [0.5, 0.6) is 0 Å². The van der Waals surface area contributed by atoms with Crippen LogP contribution in [-0.4, -0.2) is 30.0 Å². The van der Waals surface area contributed by atoms with Gasteiger partial charge in [0.05, 0.1) is 6.26 Å². The molecule has 3 nitrogen and oxygen atoms in total. The molecule has 2 aliphatic rings. The predicted octanol–water partition coefficient (Wildman–Crippen LogP) is 3.95. The number of aromatic nitrogens is 1. The van der Waals surface area contributed by atoms with Gasteiger partial charge in [-0.05, 0) is 68.1 Å². The fraction of sp³-hybridized carbons (Fsp3) is 0.444. The van der Waals surface area contributed by atoms with Crippen LogP contribution in [0, 0.1) is 0 Å². The van der Waals surface area contributed by atoms with Crippen molar-refractivity contribution in [3.8, 4) is 0 Å². The second-order valence-corrected chi connectivity index (χ2v) is 6.37. The van der Waals surface area contributed by atoms with Gasteiger partial charge in [-0.1, -0.05) is 6.07 Å². The molecule has 4 rings (SSSR count). The monoisotopic (exact) mass is 282 g/mol. The first kappa shape index (κ1) is 13.0. The van der Waals surface area contributed by atoms with E-state index in [1.54, 1.807) is 0 Å². The van der Waals surface area contributed by atoms with Crippen LogP contribution in [0.15, 0.2) is 36.7 Å². The number of likely N-dealkylation sites (tertiary alicyclic amines) is 1. The fourth-order valence-corrected chi connectivity index (χ4v) is 3.67. The SMILES string of the molecule is CN1CCC(c2c[nH]c3ccc(C4CCC=CO4)cc23)C1. The molecule has 0 amide bonds. The third-order valence-electron chi connectivity index (χ3n) is 4.88. The summed E-state index contributed by atoms with van der Waals surface area (Å²) in [5.41, 5.74) is 4.02. The average Bonchev–Trinajstić information content (AvgIpc) is 3.13. The number of aromatic amines is 1. The summed E-state index contributed by atoms with van der Waals surface area (Å²) in [5, 5.41) is 1.38. The van der Waals surface area contributed by atoms with Gasteiger partial charge in [-0.25, -0.2) is 0 Å². The Balaban J connectivity index is 1.70. The molecule has 3 heterocycles. The number of ether oxygens (including phenoxy) is 1. The third-order valence-corrected chi connectivity index (χ3v) is 4.88. The average molecular weight is 282 g/mol. The standard InChI is InChI=1S/C18H22N2O/c1-20-8-7-14(12-20)16-11-19-17-6-5-13(10-15(16)17)18-4-2-3-9-21-18/h3,5-6,9-11,14,18-19H,2,4,7-8,12H2,1H3. The van der Waals surface area contributed by atoms with E-state index in [1.807, 2.05) is 6.26 Å². The molecule has 2 atom stereocenters. The van der Waals surface area contributed by atoms with Gasteiger partial charge in [-0.3, -0.25) is 0 Å². The third kappa shape index (κ3) is 2.36. The maximum absolute atomic E-state index is 5.77. The van der Waals surface area contributed by atoms with Crippen molar-refractivity contribution in [2.75, 3.05) is 20.1 Å². The number of hydrogen-bond donors (Lipinski definition) is 1. The molecule has 0 spiro atoms. The number of rotatable bonds is 2. The molecule has 1 aromatic carbocycles. The maximum Gasteiger partial charge on any atom is 0.123 e. The molecule has 0 aliphatic carbocycles. The van der Waals surface area contributed by atoms with E-state index < -0.39 is 0 Å². The Morgan fingerprint density at radius 1 is 1.29 bits per heavy atom. The van der Waals surface area contributed by atoms with Crippen LogP contribution >= 0.6 is 0 Å². The second kappa shape index (κ2) is 5.23. The molecule has 21 heavy (non-hydrogen) atoms. The van der Waals surface area contributed by atoms with E-state index in [1.165, 1.54) is 41.5 Å². The van der Waals surface area contributed by atoms with E-state index in [9.17, 15) is 0 Å². The Labute approximate surface area is 125 Å². The van der Waals surface area contributed by atoms with Crippen LogP contribution in [0.2, 0.25) is 0 Å². The number of likely N-dealkylation sites (N-methyl/N-ethyl adjacent to an activating group) is 1. The summed E-state index contributed by atoms with van der Waals surface area (Å²) < 4.78 is 5.77. The zero-order chi connectivity index (χ0) is 14.2. The summed E-state index contributed by atoms with van der Waals surface area (Å²) in [4.78, 5) is 5.86. The Hall–Kier alpha value is -1.74. The fourth-order valence-electron chi connectivity index (χ4n) is 3.67. The van der Waals surface area contributed by atoms with Crippen molar-refractivity contribution >= 4 is 10.9 Å². The van der Waals surface area contributed by atoms with Gasteiger partial charge in [0, 0.05) is 23.6 Å². The number of hydrogen-bond acceptors (Lipinski definition) is 2. The summed E-state index contributed by atoms with van der Waals surface area (Å²) >= 11 is 0. The summed E-state index contributed by atoms with van der Waals surface area (Å²) in [6.07, 6.45) is 9.82. The van der Waals surface area contributed by atoms with Crippen molar-refractivity contribution in [1.29, 1.82) is 0 Å². The number of fused-ring (bicyclic) bond motifs is 1. The van der Waals surface area contributed by atoms with E-state index in [4.69, 9.17) is 4.74 Å². The zero-order valence-corrected chi connectivity index (χ0v) is 12.5. The normalized spacial score (nSPS) is 26.3. The molecule has 1 N–H and O–H groups in total.